The topological polar surface area (TPSA) is 48.1 Å². The molecule has 10 heteroatoms. The Kier molecular flexibility index (Phi) is 7.53. The van der Waals surface area contributed by atoms with Crippen molar-refractivity contribution in [3.05, 3.63) is 69.6 Å². The molecule has 2 aromatic carbocycles. The fourth-order valence-electron chi connectivity index (χ4n) is 3.08. The summed E-state index contributed by atoms with van der Waals surface area (Å²) < 4.78 is 60.5. The Morgan fingerprint density at radius 2 is 1.81 bits per heavy atom. The van der Waals surface area contributed by atoms with Crippen LogP contribution in [0.3, 0.4) is 0 Å². The lowest BCUT2D eigenvalue weighted by atomic mass is 10.0. The normalized spacial score (nSPS) is 11.8. The molecule has 0 unspecified atom stereocenters. The van der Waals surface area contributed by atoms with Gasteiger partial charge in [0.2, 0.25) is 0 Å². The van der Waals surface area contributed by atoms with Crippen LogP contribution in [0, 0.1) is 5.82 Å². The maximum absolute atomic E-state index is 13.7. The van der Waals surface area contributed by atoms with E-state index in [0.29, 0.717) is 10.9 Å². The highest BCUT2D eigenvalue weighted by Crippen LogP contribution is 2.39. The Hall–Kier alpha value is -2.08. The molecule has 0 aliphatic carbocycles. The Bertz CT molecular complexity index is 1140. The lowest BCUT2D eigenvalue weighted by Crippen LogP contribution is -2.12. The Labute approximate surface area is 194 Å². The van der Waals surface area contributed by atoms with Crippen molar-refractivity contribution in [1.29, 1.82) is 0 Å². The van der Waals surface area contributed by atoms with Crippen LogP contribution in [0.4, 0.5) is 23.4 Å². The Balaban J connectivity index is 1.89. The van der Waals surface area contributed by atoms with Gasteiger partial charge in [-0.1, -0.05) is 43.3 Å². The molecule has 3 rings (SSSR count). The highest BCUT2D eigenvalue weighted by molar-refractivity contribution is 7.64. The standard InChI is InChI=1S/C22H19Cl2F4N2OP/c1-32(2)13-3-4-14(16(10-13)22(26,27)28)12-9-19(21(29)30-11-12)31-8-7-15-17(23)5-6-18(25)20(15)24/h3-6,9-11H,7-8H2,1-2H3,(H2,29,30). The molecule has 3 aromatic rings. The molecule has 0 saturated carbocycles. The molecule has 0 atom stereocenters. The van der Waals surface area contributed by atoms with Crippen LogP contribution in [0.2, 0.25) is 10.0 Å². The molecule has 0 spiro atoms. The zero-order chi connectivity index (χ0) is 23.6. The molecule has 1 heterocycles. The molecule has 0 fully saturated rings. The molecule has 0 aliphatic rings. The third kappa shape index (κ3) is 5.45. The van der Waals surface area contributed by atoms with Gasteiger partial charge < -0.3 is 10.5 Å². The summed E-state index contributed by atoms with van der Waals surface area (Å²) in [6.07, 6.45) is -3.10. The van der Waals surface area contributed by atoms with Gasteiger partial charge in [0.05, 0.1) is 17.2 Å². The molecular formula is C22H19Cl2F4N2OP. The van der Waals surface area contributed by atoms with Crippen LogP contribution in [0.25, 0.3) is 11.1 Å². The second-order valence-electron chi connectivity index (χ2n) is 7.15. The van der Waals surface area contributed by atoms with Crippen LogP contribution < -0.4 is 15.8 Å². The molecular weight excluding hydrogens is 486 g/mol. The van der Waals surface area contributed by atoms with Crippen molar-refractivity contribution in [2.45, 2.75) is 12.6 Å². The first kappa shape index (κ1) is 24.6. The number of alkyl halides is 3. The summed E-state index contributed by atoms with van der Waals surface area (Å²) in [5.41, 5.74) is 5.66. The summed E-state index contributed by atoms with van der Waals surface area (Å²) in [5, 5.41) is 0.809. The molecule has 0 saturated heterocycles. The van der Waals surface area contributed by atoms with Crippen molar-refractivity contribution >= 4 is 42.2 Å². The van der Waals surface area contributed by atoms with Gasteiger partial charge in [0, 0.05) is 23.2 Å². The Morgan fingerprint density at radius 1 is 1.09 bits per heavy atom. The van der Waals surface area contributed by atoms with E-state index in [4.69, 9.17) is 33.7 Å². The number of halogens is 6. The molecule has 0 bridgehead atoms. The van der Waals surface area contributed by atoms with E-state index in [-0.39, 0.29) is 45.8 Å². The first-order valence-corrected chi connectivity index (χ1v) is 12.4. The van der Waals surface area contributed by atoms with Crippen molar-refractivity contribution in [3.63, 3.8) is 0 Å². The molecule has 0 aliphatic heterocycles. The number of nitrogen functional groups attached to an aromatic ring is 1. The van der Waals surface area contributed by atoms with Gasteiger partial charge in [-0.15, -0.1) is 0 Å². The highest BCUT2D eigenvalue weighted by Gasteiger charge is 2.34. The van der Waals surface area contributed by atoms with Crippen molar-refractivity contribution in [2.75, 3.05) is 25.7 Å². The summed E-state index contributed by atoms with van der Waals surface area (Å²) in [4.78, 5) is 3.99. The number of ether oxygens (including phenoxy) is 1. The molecule has 2 N–H and O–H groups in total. The number of anilines is 1. The van der Waals surface area contributed by atoms with Crippen molar-refractivity contribution in [3.8, 4) is 16.9 Å². The predicted octanol–water partition coefficient (Wildman–Crippen LogP) is 6.78. The minimum Gasteiger partial charge on any atom is -0.489 e. The average Bonchev–Trinajstić information content (AvgIpc) is 2.73. The van der Waals surface area contributed by atoms with Gasteiger partial charge in [0.25, 0.3) is 0 Å². The van der Waals surface area contributed by atoms with E-state index in [2.05, 4.69) is 4.98 Å². The largest absolute Gasteiger partial charge is 0.489 e. The van der Waals surface area contributed by atoms with E-state index in [9.17, 15) is 17.6 Å². The number of pyridine rings is 1. The number of hydrogen-bond donors (Lipinski definition) is 1. The maximum atomic E-state index is 13.7. The van der Waals surface area contributed by atoms with E-state index in [1.807, 2.05) is 13.3 Å². The lowest BCUT2D eigenvalue weighted by molar-refractivity contribution is -0.137. The summed E-state index contributed by atoms with van der Waals surface area (Å²) in [6, 6.07) is 8.23. The molecule has 32 heavy (non-hydrogen) atoms. The van der Waals surface area contributed by atoms with Crippen LogP contribution in [0.15, 0.2) is 42.6 Å². The monoisotopic (exact) mass is 504 g/mol. The molecule has 1 aromatic heterocycles. The third-order valence-electron chi connectivity index (χ3n) is 4.77. The summed E-state index contributed by atoms with van der Waals surface area (Å²) in [6.45, 7) is 3.79. The maximum Gasteiger partial charge on any atom is 0.417 e. The van der Waals surface area contributed by atoms with Gasteiger partial charge in [0.1, 0.15) is 5.82 Å². The molecule has 170 valence electrons. The summed E-state index contributed by atoms with van der Waals surface area (Å²) >= 11 is 12.0. The minimum absolute atomic E-state index is 0.0132. The van der Waals surface area contributed by atoms with E-state index < -0.39 is 25.5 Å². The fraction of sp³-hybridized carbons (Fsp3) is 0.227. The zero-order valence-corrected chi connectivity index (χ0v) is 19.5. The van der Waals surface area contributed by atoms with Crippen molar-refractivity contribution in [1.82, 2.24) is 4.98 Å². The first-order valence-electron chi connectivity index (χ1n) is 9.38. The van der Waals surface area contributed by atoms with E-state index in [1.165, 1.54) is 30.5 Å². The van der Waals surface area contributed by atoms with Crippen LogP contribution in [0.5, 0.6) is 5.75 Å². The first-order chi connectivity index (χ1) is 15.0. The zero-order valence-electron chi connectivity index (χ0n) is 17.1. The van der Waals surface area contributed by atoms with Gasteiger partial charge in [-0.3, -0.25) is 0 Å². The summed E-state index contributed by atoms with van der Waals surface area (Å²) in [5.74, 6) is -0.488. The number of benzene rings is 2. The quantitative estimate of drug-likeness (QED) is 0.228. The van der Waals surface area contributed by atoms with Crippen LogP contribution >= 0.6 is 31.1 Å². The number of nitrogens with two attached hydrogens (primary N) is 1. The van der Waals surface area contributed by atoms with Crippen LogP contribution in [-0.2, 0) is 12.6 Å². The average molecular weight is 505 g/mol. The van der Waals surface area contributed by atoms with Gasteiger partial charge in [-0.05, 0) is 54.0 Å². The third-order valence-corrected chi connectivity index (χ3v) is 6.84. The lowest BCUT2D eigenvalue weighted by Gasteiger charge is -2.17. The van der Waals surface area contributed by atoms with E-state index in [1.54, 1.807) is 6.07 Å². The van der Waals surface area contributed by atoms with Gasteiger partial charge in [0.15, 0.2) is 11.6 Å². The molecule has 0 radical (unpaired) electrons. The second kappa shape index (κ2) is 9.82. The van der Waals surface area contributed by atoms with E-state index in [0.717, 1.165) is 6.07 Å². The Morgan fingerprint density at radius 3 is 2.47 bits per heavy atom. The number of aromatic nitrogens is 1. The SMILES string of the molecule is CP(C)c1ccc(-c2cnc(N)c(OCCc3c(Cl)ccc(F)c3Cl)c2)c(C(F)(F)F)c1. The second-order valence-corrected chi connectivity index (χ2v) is 10.2. The van der Waals surface area contributed by atoms with E-state index >= 15 is 0 Å². The summed E-state index contributed by atoms with van der Waals surface area (Å²) in [7, 11) is -0.698. The van der Waals surface area contributed by atoms with Crippen LogP contribution in [0.1, 0.15) is 11.1 Å². The van der Waals surface area contributed by atoms with Crippen LogP contribution in [-0.4, -0.2) is 24.9 Å². The molecule has 0 amide bonds. The van der Waals surface area contributed by atoms with Gasteiger partial charge >= 0.3 is 6.18 Å². The number of hydrogen-bond acceptors (Lipinski definition) is 3. The molecule has 3 nitrogen and oxygen atoms in total. The van der Waals surface area contributed by atoms with Crippen molar-refractivity contribution in [2.24, 2.45) is 0 Å². The van der Waals surface area contributed by atoms with Crippen molar-refractivity contribution < 1.29 is 22.3 Å². The predicted molar refractivity (Wildman–Crippen MR) is 123 cm³/mol. The van der Waals surface area contributed by atoms with Gasteiger partial charge in [-0.2, -0.15) is 13.2 Å². The smallest absolute Gasteiger partial charge is 0.417 e. The number of rotatable bonds is 6. The minimum atomic E-state index is -4.54. The number of nitrogens with zero attached hydrogens (tertiary/aromatic N) is 1. The highest BCUT2D eigenvalue weighted by atomic mass is 35.5. The fourth-order valence-corrected chi connectivity index (χ4v) is 4.40. The van der Waals surface area contributed by atoms with Gasteiger partial charge in [-0.25, -0.2) is 9.37 Å².